The van der Waals surface area contributed by atoms with Crippen molar-refractivity contribution in [2.75, 3.05) is 0 Å². The minimum absolute atomic E-state index is 0.131. The first-order valence-corrected chi connectivity index (χ1v) is 8.13. The summed E-state index contributed by atoms with van der Waals surface area (Å²) in [7, 11) is 0. The van der Waals surface area contributed by atoms with Crippen molar-refractivity contribution in [3.8, 4) is 5.69 Å². The van der Waals surface area contributed by atoms with Gasteiger partial charge in [0.25, 0.3) is 5.91 Å². The molecule has 0 radical (unpaired) electrons. The third kappa shape index (κ3) is 3.90. The zero-order valence-electron chi connectivity index (χ0n) is 13.0. The summed E-state index contributed by atoms with van der Waals surface area (Å²) in [6.07, 6.45) is -4.62. The predicted molar refractivity (Wildman–Crippen MR) is 89.5 cm³/mol. The lowest BCUT2D eigenvalue weighted by Crippen LogP contribution is -2.27. The molecule has 0 aliphatic heterocycles. The van der Waals surface area contributed by atoms with Crippen LogP contribution in [-0.4, -0.2) is 26.1 Å². The van der Waals surface area contributed by atoms with E-state index >= 15 is 0 Å². The van der Waals surface area contributed by atoms with Gasteiger partial charge in [-0.2, -0.15) is 17.9 Å². The number of alkyl halides is 3. The van der Waals surface area contributed by atoms with E-state index in [4.69, 9.17) is 0 Å². The van der Waals surface area contributed by atoms with Crippen LogP contribution in [0.5, 0.6) is 0 Å². The number of hydrogen-bond acceptors (Lipinski definition) is 4. The number of nitrogens with zero attached hydrogens (tertiary/aromatic N) is 4. The van der Waals surface area contributed by atoms with Crippen LogP contribution in [0.15, 0.2) is 53.0 Å². The third-order valence-corrected chi connectivity index (χ3v) is 4.02. The Morgan fingerprint density at radius 1 is 1.12 bits per heavy atom. The van der Waals surface area contributed by atoms with Gasteiger partial charge in [0.1, 0.15) is 0 Å². The highest BCUT2D eigenvalue weighted by molar-refractivity contribution is 9.10. The van der Waals surface area contributed by atoms with Crippen LogP contribution in [-0.2, 0) is 12.7 Å². The van der Waals surface area contributed by atoms with Crippen molar-refractivity contribution in [1.29, 1.82) is 0 Å². The minimum Gasteiger partial charge on any atom is -0.345 e. The topological polar surface area (TPSA) is 72.7 Å². The molecular formula is C16H11BrF3N5O. The molecule has 10 heteroatoms. The number of tetrazole rings is 1. The second kappa shape index (κ2) is 7.24. The second-order valence-corrected chi connectivity index (χ2v) is 6.13. The first-order chi connectivity index (χ1) is 12.4. The third-order valence-electron chi connectivity index (χ3n) is 3.49. The van der Waals surface area contributed by atoms with Crippen LogP contribution >= 0.6 is 15.9 Å². The van der Waals surface area contributed by atoms with Gasteiger partial charge in [0.2, 0.25) is 0 Å². The lowest BCUT2D eigenvalue weighted by atomic mass is 10.1. The van der Waals surface area contributed by atoms with Crippen LogP contribution in [0.4, 0.5) is 13.2 Å². The predicted octanol–water partition coefficient (Wildman–Crippen LogP) is 3.37. The zero-order chi connectivity index (χ0) is 18.7. The van der Waals surface area contributed by atoms with Crippen LogP contribution in [0.25, 0.3) is 5.69 Å². The molecule has 0 bridgehead atoms. The van der Waals surface area contributed by atoms with E-state index < -0.39 is 23.2 Å². The highest BCUT2D eigenvalue weighted by atomic mass is 79.9. The van der Waals surface area contributed by atoms with Crippen molar-refractivity contribution in [3.63, 3.8) is 0 Å². The summed E-state index contributed by atoms with van der Waals surface area (Å²) in [5.41, 5.74) is -0.800. The lowest BCUT2D eigenvalue weighted by Gasteiger charge is -2.12. The molecule has 6 nitrogen and oxygen atoms in total. The second-order valence-electron chi connectivity index (χ2n) is 5.21. The molecule has 0 fully saturated rings. The zero-order valence-corrected chi connectivity index (χ0v) is 14.6. The summed E-state index contributed by atoms with van der Waals surface area (Å²) in [6, 6.07) is 11.7. The van der Waals surface area contributed by atoms with E-state index in [1.807, 2.05) is 0 Å². The van der Waals surface area contributed by atoms with Crippen LogP contribution in [0.1, 0.15) is 21.7 Å². The smallest absolute Gasteiger partial charge is 0.345 e. The quantitative estimate of drug-likeness (QED) is 0.695. The van der Waals surface area contributed by atoms with Crippen molar-refractivity contribution < 1.29 is 18.0 Å². The standard InChI is InChI=1S/C16H11BrF3N5O/c17-10-5-7-11(8-6-10)25-14(22-23-24-25)9-21-15(26)12-3-1-2-4-13(12)16(18,19)20/h1-8H,9H2,(H,21,26). The van der Waals surface area contributed by atoms with Crippen molar-refractivity contribution in [3.05, 3.63) is 70.0 Å². The summed E-state index contributed by atoms with van der Waals surface area (Å²) in [5, 5.41) is 13.6. The van der Waals surface area contributed by atoms with Gasteiger partial charge in [-0.15, -0.1) is 5.10 Å². The summed E-state index contributed by atoms with van der Waals surface area (Å²) >= 11 is 3.32. The maximum Gasteiger partial charge on any atom is 0.417 e. The fourth-order valence-electron chi connectivity index (χ4n) is 2.28. The Balaban J connectivity index is 1.78. The van der Waals surface area contributed by atoms with Crippen LogP contribution in [0.2, 0.25) is 0 Å². The number of aromatic nitrogens is 4. The molecule has 0 saturated carbocycles. The van der Waals surface area contributed by atoms with Gasteiger partial charge in [-0.25, -0.2) is 0 Å². The number of carbonyl (C=O) groups is 1. The summed E-state index contributed by atoms with van der Waals surface area (Å²) in [4.78, 5) is 12.2. The van der Waals surface area contributed by atoms with Gasteiger partial charge in [-0.1, -0.05) is 28.1 Å². The largest absolute Gasteiger partial charge is 0.417 e. The molecule has 0 aliphatic rings. The Hall–Kier alpha value is -2.75. The molecule has 134 valence electrons. The molecule has 1 heterocycles. The number of carbonyl (C=O) groups excluding carboxylic acids is 1. The fourth-order valence-corrected chi connectivity index (χ4v) is 2.55. The highest BCUT2D eigenvalue weighted by Gasteiger charge is 2.34. The molecule has 1 N–H and O–H groups in total. The van der Waals surface area contributed by atoms with E-state index in [0.29, 0.717) is 5.69 Å². The van der Waals surface area contributed by atoms with Gasteiger partial charge in [0, 0.05) is 4.47 Å². The summed E-state index contributed by atoms with van der Waals surface area (Å²) in [6.45, 7) is -0.131. The van der Waals surface area contributed by atoms with E-state index in [1.165, 1.54) is 16.8 Å². The molecule has 0 aliphatic carbocycles. The fraction of sp³-hybridized carbons (Fsp3) is 0.125. The average Bonchev–Trinajstić information content (AvgIpc) is 3.08. The van der Waals surface area contributed by atoms with Crippen LogP contribution in [0.3, 0.4) is 0 Å². The maximum atomic E-state index is 13.0. The number of nitrogens with one attached hydrogen (secondary N) is 1. The van der Waals surface area contributed by atoms with Crippen LogP contribution in [0, 0.1) is 0 Å². The normalized spacial score (nSPS) is 11.4. The van der Waals surface area contributed by atoms with E-state index in [1.54, 1.807) is 24.3 Å². The molecular weight excluding hydrogens is 415 g/mol. The van der Waals surface area contributed by atoms with Gasteiger partial charge in [-0.05, 0) is 46.8 Å². The highest BCUT2D eigenvalue weighted by Crippen LogP contribution is 2.31. The molecule has 26 heavy (non-hydrogen) atoms. The number of hydrogen-bond donors (Lipinski definition) is 1. The molecule has 0 saturated heterocycles. The first-order valence-electron chi connectivity index (χ1n) is 7.34. The van der Waals surface area contributed by atoms with E-state index in [0.717, 1.165) is 16.6 Å². The van der Waals surface area contributed by atoms with E-state index in [9.17, 15) is 18.0 Å². The van der Waals surface area contributed by atoms with Gasteiger partial charge in [-0.3, -0.25) is 4.79 Å². The van der Waals surface area contributed by atoms with Crippen molar-refractivity contribution >= 4 is 21.8 Å². The van der Waals surface area contributed by atoms with E-state index in [-0.39, 0.29) is 12.4 Å². The van der Waals surface area contributed by atoms with Gasteiger partial charge in [0.15, 0.2) is 5.82 Å². The van der Waals surface area contributed by atoms with E-state index in [2.05, 4.69) is 36.8 Å². The van der Waals surface area contributed by atoms with Crippen molar-refractivity contribution in [2.24, 2.45) is 0 Å². The molecule has 2 aromatic carbocycles. The minimum atomic E-state index is -4.62. The number of halogens is 4. The Bertz CT molecular complexity index is 924. The number of rotatable bonds is 4. The number of amides is 1. The molecule has 0 spiro atoms. The molecule has 0 unspecified atom stereocenters. The monoisotopic (exact) mass is 425 g/mol. The summed E-state index contributed by atoms with van der Waals surface area (Å²) < 4.78 is 41.3. The Labute approximate surface area is 154 Å². The van der Waals surface area contributed by atoms with Crippen molar-refractivity contribution in [1.82, 2.24) is 25.5 Å². The van der Waals surface area contributed by atoms with Gasteiger partial charge < -0.3 is 5.32 Å². The first kappa shape index (κ1) is 18.1. The van der Waals surface area contributed by atoms with Gasteiger partial charge >= 0.3 is 6.18 Å². The SMILES string of the molecule is O=C(NCc1nnnn1-c1ccc(Br)cc1)c1ccccc1C(F)(F)F. The lowest BCUT2D eigenvalue weighted by molar-refractivity contribution is -0.137. The Morgan fingerprint density at radius 3 is 2.50 bits per heavy atom. The molecule has 3 rings (SSSR count). The van der Waals surface area contributed by atoms with Crippen molar-refractivity contribution in [2.45, 2.75) is 12.7 Å². The van der Waals surface area contributed by atoms with Crippen LogP contribution < -0.4 is 5.32 Å². The maximum absolute atomic E-state index is 13.0. The summed E-state index contributed by atoms with van der Waals surface area (Å²) in [5.74, 6) is -0.576. The molecule has 0 atom stereocenters. The molecule has 1 aromatic heterocycles. The molecule has 3 aromatic rings. The Kier molecular flexibility index (Phi) is 5.03. The van der Waals surface area contributed by atoms with Gasteiger partial charge in [0.05, 0.1) is 23.4 Å². The number of benzene rings is 2. The molecule has 1 amide bonds. The Morgan fingerprint density at radius 2 is 1.81 bits per heavy atom. The average molecular weight is 426 g/mol.